The van der Waals surface area contributed by atoms with Gasteiger partial charge in [-0.1, -0.05) is 26.0 Å². The molecule has 0 aliphatic rings. The molecule has 0 saturated carbocycles. The molecule has 35 heavy (non-hydrogen) atoms. The van der Waals surface area contributed by atoms with Crippen LogP contribution >= 0.6 is 0 Å². The summed E-state index contributed by atoms with van der Waals surface area (Å²) < 4.78 is 13.2. The van der Waals surface area contributed by atoms with Gasteiger partial charge in [-0.05, 0) is 48.6 Å². The molecule has 0 aliphatic carbocycles. The van der Waals surface area contributed by atoms with Crippen LogP contribution in [0.2, 0.25) is 0 Å². The average Bonchev–Trinajstić information content (AvgIpc) is 3.23. The monoisotopic (exact) mass is 480 g/mol. The normalized spacial score (nSPS) is 10.9. The Morgan fingerprint density at radius 1 is 1.09 bits per heavy atom. The first-order valence-electron chi connectivity index (χ1n) is 11.9. The molecule has 0 aliphatic heterocycles. The van der Waals surface area contributed by atoms with Crippen molar-refractivity contribution in [1.82, 2.24) is 14.8 Å². The van der Waals surface area contributed by atoms with Gasteiger partial charge in [0.25, 0.3) is 0 Å². The van der Waals surface area contributed by atoms with Crippen LogP contribution in [-0.4, -0.2) is 49.2 Å². The number of benzene rings is 2. The van der Waals surface area contributed by atoms with Gasteiger partial charge >= 0.3 is 6.03 Å². The fourth-order valence-corrected chi connectivity index (χ4v) is 3.76. The van der Waals surface area contributed by atoms with Gasteiger partial charge < -0.3 is 29.6 Å². The van der Waals surface area contributed by atoms with Gasteiger partial charge in [-0.25, -0.2) is 4.79 Å². The summed E-state index contributed by atoms with van der Waals surface area (Å²) in [6.07, 6.45) is 3.94. The van der Waals surface area contributed by atoms with Crippen molar-refractivity contribution >= 4 is 28.5 Å². The third-order valence-corrected chi connectivity index (χ3v) is 5.75. The van der Waals surface area contributed by atoms with Crippen LogP contribution in [0.25, 0.3) is 10.9 Å². The number of nitrogens with zero attached hydrogens (tertiary/aromatic N) is 2. The van der Waals surface area contributed by atoms with Crippen molar-refractivity contribution in [3.8, 4) is 11.5 Å². The van der Waals surface area contributed by atoms with Crippen LogP contribution < -0.4 is 20.1 Å². The first-order chi connectivity index (χ1) is 16.8. The Hall–Kier alpha value is -3.68. The maximum absolute atomic E-state index is 12.6. The van der Waals surface area contributed by atoms with Crippen LogP contribution in [0.3, 0.4) is 0 Å². The minimum atomic E-state index is -0.319. The Balaban J connectivity index is 1.61. The Morgan fingerprint density at radius 2 is 1.89 bits per heavy atom. The number of aromatic nitrogens is 1. The van der Waals surface area contributed by atoms with E-state index in [1.54, 1.807) is 44.3 Å². The molecule has 2 aromatic carbocycles. The lowest BCUT2D eigenvalue weighted by Gasteiger charge is -2.14. The van der Waals surface area contributed by atoms with Crippen molar-refractivity contribution < 1.29 is 19.1 Å². The van der Waals surface area contributed by atoms with Crippen LogP contribution in [0.4, 0.5) is 10.5 Å². The van der Waals surface area contributed by atoms with E-state index in [0.29, 0.717) is 36.3 Å². The number of carbonyl (C=O) groups is 2. The van der Waals surface area contributed by atoms with E-state index in [1.165, 1.54) is 0 Å². The number of hydrogen-bond donors (Lipinski definition) is 2. The molecule has 1 heterocycles. The average molecular weight is 481 g/mol. The van der Waals surface area contributed by atoms with E-state index in [-0.39, 0.29) is 18.5 Å². The fraction of sp³-hybridized carbons (Fsp3) is 0.407. The van der Waals surface area contributed by atoms with Gasteiger partial charge in [0.15, 0.2) is 11.5 Å². The molecule has 0 bridgehead atoms. The van der Waals surface area contributed by atoms with E-state index in [4.69, 9.17) is 9.47 Å². The van der Waals surface area contributed by atoms with Crippen molar-refractivity contribution in [3.05, 3.63) is 54.2 Å². The van der Waals surface area contributed by atoms with Gasteiger partial charge in [0, 0.05) is 49.5 Å². The number of amides is 3. The number of carbonyl (C=O) groups excluding carboxylic acids is 2. The van der Waals surface area contributed by atoms with Crippen LogP contribution in [0.1, 0.15) is 32.3 Å². The summed E-state index contributed by atoms with van der Waals surface area (Å²) in [4.78, 5) is 26.3. The molecule has 0 atom stereocenters. The molecule has 0 spiro atoms. The standard InChI is InChI=1S/C27H36N4O4/c1-19(2)8-7-15-35-25-16-21(11-12-24(25)34-5)29-27(33)28-17-20-9-6-10-23-22(20)13-14-31(23)18-26(32)30(3)4/h6,9-14,16,19H,7-8,15,17-18H2,1-5H3,(H2,28,29,33). The summed E-state index contributed by atoms with van der Waals surface area (Å²) in [6, 6.07) is 12.9. The van der Waals surface area contributed by atoms with E-state index in [2.05, 4.69) is 24.5 Å². The van der Waals surface area contributed by atoms with Gasteiger partial charge in [-0.15, -0.1) is 0 Å². The number of anilines is 1. The van der Waals surface area contributed by atoms with Gasteiger partial charge in [-0.2, -0.15) is 0 Å². The van der Waals surface area contributed by atoms with E-state index in [9.17, 15) is 9.59 Å². The lowest BCUT2D eigenvalue weighted by molar-refractivity contribution is -0.129. The van der Waals surface area contributed by atoms with Crippen molar-refractivity contribution in [2.24, 2.45) is 5.92 Å². The minimum Gasteiger partial charge on any atom is -0.493 e. The maximum atomic E-state index is 12.6. The Labute approximate surface area is 207 Å². The number of ether oxygens (including phenoxy) is 2. The molecule has 3 rings (SSSR count). The second-order valence-corrected chi connectivity index (χ2v) is 9.14. The summed E-state index contributed by atoms with van der Waals surface area (Å²) in [6.45, 7) is 5.59. The second-order valence-electron chi connectivity index (χ2n) is 9.14. The zero-order valence-corrected chi connectivity index (χ0v) is 21.3. The van der Waals surface area contributed by atoms with Crippen LogP contribution in [0.15, 0.2) is 48.7 Å². The Kier molecular flexibility index (Phi) is 9.00. The number of likely N-dealkylation sites (N-methyl/N-ethyl adjacent to an activating group) is 1. The summed E-state index contributed by atoms with van der Waals surface area (Å²) >= 11 is 0. The SMILES string of the molecule is COc1ccc(NC(=O)NCc2cccc3c2ccn3CC(=O)N(C)C)cc1OCCCC(C)C. The quantitative estimate of drug-likeness (QED) is 0.383. The predicted octanol–water partition coefficient (Wildman–Crippen LogP) is 4.87. The molecule has 0 unspecified atom stereocenters. The molecule has 0 saturated heterocycles. The number of nitrogens with one attached hydrogen (secondary N) is 2. The lowest BCUT2D eigenvalue weighted by Crippen LogP contribution is -2.28. The third-order valence-electron chi connectivity index (χ3n) is 5.75. The van der Waals surface area contributed by atoms with Gasteiger partial charge in [0.05, 0.1) is 13.7 Å². The summed E-state index contributed by atoms with van der Waals surface area (Å²) in [7, 11) is 5.08. The van der Waals surface area contributed by atoms with Crippen molar-refractivity contribution in [2.45, 2.75) is 39.8 Å². The molecule has 1 aromatic heterocycles. The predicted molar refractivity (Wildman–Crippen MR) is 139 cm³/mol. The van der Waals surface area contributed by atoms with Crippen molar-refractivity contribution in [1.29, 1.82) is 0 Å². The molecule has 0 fully saturated rings. The smallest absolute Gasteiger partial charge is 0.319 e. The summed E-state index contributed by atoms with van der Waals surface area (Å²) in [5, 5.41) is 6.78. The molecule has 3 amide bonds. The molecule has 8 nitrogen and oxygen atoms in total. The number of urea groups is 1. The Bertz CT molecular complexity index is 1150. The highest BCUT2D eigenvalue weighted by Gasteiger charge is 2.12. The van der Waals surface area contributed by atoms with Gasteiger partial charge in [-0.3, -0.25) is 4.79 Å². The summed E-state index contributed by atoms with van der Waals surface area (Å²) in [5.74, 6) is 1.88. The second kappa shape index (κ2) is 12.1. The first-order valence-corrected chi connectivity index (χ1v) is 11.9. The van der Waals surface area contributed by atoms with Gasteiger partial charge in [0.2, 0.25) is 5.91 Å². The highest BCUT2D eigenvalue weighted by Crippen LogP contribution is 2.30. The number of rotatable bonds is 11. The maximum Gasteiger partial charge on any atom is 0.319 e. The number of fused-ring (bicyclic) bond motifs is 1. The molecular weight excluding hydrogens is 444 g/mol. The zero-order valence-electron chi connectivity index (χ0n) is 21.3. The summed E-state index contributed by atoms with van der Waals surface area (Å²) in [5.41, 5.74) is 2.54. The van der Waals surface area contributed by atoms with Crippen molar-refractivity contribution in [2.75, 3.05) is 33.1 Å². The lowest BCUT2D eigenvalue weighted by atomic mass is 10.1. The van der Waals surface area contributed by atoms with E-state index in [1.807, 2.05) is 35.0 Å². The Morgan fingerprint density at radius 3 is 2.60 bits per heavy atom. The van der Waals surface area contributed by atoms with Crippen LogP contribution in [-0.2, 0) is 17.9 Å². The molecule has 188 valence electrons. The molecule has 3 aromatic rings. The third kappa shape index (κ3) is 7.15. The zero-order chi connectivity index (χ0) is 25.4. The number of hydrogen-bond acceptors (Lipinski definition) is 4. The van der Waals surface area contributed by atoms with E-state index in [0.717, 1.165) is 29.3 Å². The highest BCUT2D eigenvalue weighted by molar-refractivity contribution is 5.90. The molecular formula is C27H36N4O4. The highest BCUT2D eigenvalue weighted by atomic mass is 16.5. The number of methoxy groups -OCH3 is 1. The van der Waals surface area contributed by atoms with Gasteiger partial charge in [0.1, 0.15) is 6.54 Å². The van der Waals surface area contributed by atoms with E-state index < -0.39 is 0 Å². The van der Waals surface area contributed by atoms with Crippen molar-refractivity contribution in [3.63, 3.8) is 0 Å². The topological polar surface area (TPSA) is 84.8 Å². The first kappa shape index (κ1) is 25.9. The molecule has 2 N–H and O–H groups in total. The molecule has 8 heteroatoms. The minimum absolute atomic E-state index is 0.0215. The van der Waals surface area contributed by atoms with E-state index >= 15 is 0 Å². The molecule has 0 radical (unpaired) electrons. The largest absolute Gasteiger partial charge is 0.493 e. The van der Waals surface area contributed by atoms with Crippen LogP contribution in [0.5, 0.6) is 11.5 Å². The fourth-order valence-electron chi connectivity index (χ4n) is 3.76. The van der Waals surface area contributed by atoms with Crippen LogP contribution in [0, 0.1) is 5.92 Å².